The Labute approximate surface area is 145 Å². The second-order valence-electron chi connectivity index (χ2n) is 5.02. The van der Waals surface area contributed by atoms with E-state index < -0.39 is 0 Å². The maximum absolute atomic E-state index is 5.39. The molecule has 0 amide bonds. The highest BCUT2D eigenvalue weighted by Crippen LogP contribution is 2.34. The van der Waals surface area contributed by atoms with E-state index in [9.17, 15) is 0 Å². The van der Waals surface area contributed by atoms with Crippen molar-refractivity contribution in [1.82, 2.24) is 15.0 Å². The fourth-order valence-corrected chi connectivity index (χ4v) is 2.27. The van der Waals surface area contributed by atoms with Gasteiger partial charge in [0.2, 0.25) is 0 Å². The number of hydrogen-bond acceptors (Lipinski definition) is 7. The van der Waals surface area contributed by atoms with E-state index in [1.165, 1.54) is 0 Å². The molecule has 0 atom stereocenters. The summed E-state index contributed by atoms with van der Waals surface area (Å²) < 4.78 is 16.0. The van der Waals surface area contributed by atoms with Gasteiger partial charge in [0, 0.05) is 12.3 Å². The zero-order valence-corrected chi connectivity index (χ0v) is 14.2. The van der Waals surface area contributed by atoms with Crippen LogP contribution in [0.3, 0.4) is 0 Å². The number of nitrogens with one attached hydrogen (secondary N) is 1. The number of aromatic nitrogens is 3. The van der Waals surface area contributed by atoms with Gasteiger partial charge in [-0.05, 0) is 24.3 Å². The predicted octanol–water partition coefficient (Wildman–Crippen LogP) is 3.31. The fraction of sp³-hybridized carbons (Fsp3) is 0.167. The molecular weight excluding hydrogens is 320 g/mol. The van der Waals surface area contributed by atoms with E-state index in [1.54, 1.807) is 33.7 Å². The molecule has 7 nitrogen and oxygen atoms in total. The van der Waals surface area contributed by atoms with Gasteiger partial charge < -0.3 is 19.5 Å². The normalized spacial score (nSPS) is 10.2. The maximum Gasteiger partial charge on any atom is 0.180 e. The standard InChI is InChI=1S/C18H18N4O3/c1-23-12-7-8-15(24-2)14(10-12)21-18-16(25-3)11-20-17(22-18)13-6-4-5-9-19-13/h4-11H,1-3H3,(H,20,21,22). The van der Waals surface area contributed by atoms with Crippen molar-refractivity contribution in [3.63, 3.8) is 0 Å². The zero-order valence-electron chi connectivity index (χ0n) is 14.2. The molecule has 0 bridgehead atoms. The molecular formula is C18H18N4O3. The van der Waals surface area contributed by atoms with Gasteiger partial charge in [-0.15, -0.1) is 0 Å². The van der Waals surface area contributed by atoms with Gasteiger partial charge in [0.1, 0.15) is 17.2 Å². The molecule has 3 aromatic rings. The lowest BCUT2D eigenvalue weighted by molar-refractivity contribution is 0.404. The van der Waals surface area contributed by atoms with Gasteiger partial charge >= 0.3 is 0 Å². The number of benzene rings is 1. The molecule has 0 spiro atoms. The minimum absolute atomic E-state index is 0.491. The Hall–Kier alpha value is -3.35. The summed E-state index contributed by atoms with van der Waals surface area (Å²) in [5.41, 5.74) is 1.37. The second kappa shape index (κ2) is 7.48. The van der Waals surface area contributed by atoms with Crippen LogP contribution in [-0.4, -0.2) is 36.3 Å². The highest BCUT2D eigenvalue weighted by molar-refractivity contribution is 5.70. The van der Waals surface area contributed by atoms with Crippen molar-refractivity contribution in [2.24, 2.45) is 0 Å². The van der Waals surface area contributed by atoms with E-state index >= 15 is 0 Å². The summed E-state index contributed by atoms with van der Waals surface area (Å²) in [6.07, 6.45) is 3.30. The number of nitrogens with zero attached hydrogens (tertiary/aromatic N) is 3. The number of ether oxygens (including phenoxy) is 3. The lowest BCUT2D eigenvalue weighted by Gasteiger charge is -2.14. The van der Waals surface area contributed by atoms with E-state index in [0.29, 0.717) is 40.3 Å². The third-order valence-electron chi connectivity index (χ3n) is 3.53. The van der Waals surface area contributed by atoms with Crippen LogP contribution in [0, 0.1) is 0 Å². The molecule has 0 aliphatic heterocycles. The molecule has 3 rings (SSSR count). The molecule has 25 heavy (non-hydrogen) atoms. The summed E-state index contributed by atoms with van der Waals surface area (Å²) in [6.45, 7) is 0. The largest absolute Gasteiger partial charge is 0.497 e. The van der Waals surface area contributed by atoms with Crippen LogP contribution in [-0.2, 0) is 0 Å². The van der Waals surface area contributed by atoms with E-state index in [-0.39, 0.29) is 0 Å². The number of hydrogen-bond donors (Lipinski definition) is 1. The van der Waals surface area contributed by atoms with E-state index in [0.717, 1.165) is 0 Å². The van der Waals surface area contributed by atoms with Crippen LogP contribution in [0.15, 0.2) is 48.8 Å². The van der Waals surface area contributed by atoms with Crippen LogP contribution >= 0.6 is 0 Å². The first kappa shape index (κ1) is 16.5. The SMILES string of the molecule is COc1ccc(OC)c(Nc2nc(-c3ccccn3)ncc2OC)c1. The first-order valence-corrected chi connectivity index (χ1v) is 7.56. The fourth-order valence-electron chi connectivity index (χ4n) is 2.27. The molecule has 2 aromatic heterocycles. The maximum atomic E-state index is 5.39. The quantitative estimate of drug-likeness (QED) is 0.738. The molecule has 1 N–H and O–H groups in total. The number of pyridine rings is 1. The summed E-state index contributed by atoms with van der Waals surface area (Å²) in [6, 6.07) is 11.0. The molecule has 0 saturated carbocycles. The number of methoxy groups -OCH3 is 3. The molecule has 128 valence electrons. The Bertz CT molecular complexity index is 856. The van der Waals surface area contributed by atoms with Crippen molar-refractivity contribution < 1.29 is 14.2 Å². The number of anilines is 2. The van der Waals surface area contributed by atoms with Crippen LogP contribution in [0.4, 0.5) is 11.5 Å². The molecule has 1 aromatic carbocycles. The Morgan fingerprint density at radius 2 is 1.72 bits per heavy atom. The zero-order chi connectivity index (χ0) is 17.6. The second-order valence-corrected chi connectivity index (χ2v) is 5.02. The smallest absolute Gasteiger partial charge is 0.180 e. The van der Waals surface area contributed by atoms with Crippen molar-refractivity contribution in [1.29, 1.82) is 0 Å². The molecule has 0 radical (unpaired) electrons. The van der Waals surface area contributed by atoms with Crippen LogP contribution < -0.4 is 19.5 Å². The minimum atomic E-state index is 0.491. The Morgan fingerprint density at radius 3 is 2.40 bits per heavy atom. The van der Waals surface area contributed by atoms with E-state index in [1.807, 2.05) is 36.4 Å². The average molecular weight is 338 g/mol. The molecule has 0 aliphatic carbocycles. The average Bonchev–Trinajstić information content (AvgIpc) is 2.68. The summed E-state index contributed by atoms with van der Waals surface area (Å²) in [5, 5.41) is 3.22. The van der Waals surface area contributed by atoms with Crippen LogP contribution in [0.5, 0.6) is 17.2 Å². The summed E-state index contributed by atoms with van der Waals surface area (Å²) >= 11 is 0. The molecule has 0 aliphatic rings. The molecule has 0 saturated heterocycles. The highest BCUT2D eigenvalue weighted by atomic mass is 16.5. The Kier molecular flexibility index (Phi) is 4.94. The van der Waals surface area contributed by atoms with E-state index in [4.69, 9.17) is 14.2 Å². The Balaban J connectivity index is 2.02. The van der Waals surface area contributed by atoms with Crippen molar-refractivity contribution in [2.45, 2.75) is 0 Å². The monoisotopic (exact) mass is 338 g/mol. The first-order valence-electron chi connectivity index (χ1n) is 7.56. The van der Waals surface area contributed by atoms with Crippen molar-refractivity contribution in [3.05, 3.63) is 48.8 Å². The predicted molar refractivity (Wildman–Crippen MR) is 94.6 cm³/mol. The van der Waals surface area contributed by atoms with Gasteiger partial charge in [-0.1, -0.05) is 6.07 Å². The summed E-state index contributed by atoms with van der Waals surface area (Å²) in [5.74, 6) is 2.85. The van der Waals surface area contributed by atoms with Crippen LogP contribution in [0.1, 0.15) is 0 Å². The van der Waals surface area contributed by atoms with Crippen molar-refractivity contribution in [2.75, 3.05) is 26.6 Å². The van der Waals surface area contributed by atoms with Crippen molar-refractivity contribution >= 4 is 11.5 Å². The van der Waals surface area contributed by atoms with Gasteiger partial charge in [0.15, 0.2) is 17.4 Å². The lowest BCUT2D eigenvalue weighted by atomic mass is 10.2. The Morgan fingerprint density at radius 1 is 0.880 bits per heavy atom. The molecule has 0 unspecified atom stereocenters. The van der Waals surface area contributed by atoms with Gasteiger partial charge in [-0.3, -0.25) is 4.98 Å². The van der Waals surface area contributed by atoms with Gasteiger partial charge in [0.25, 0.3) is 0 Å². The van der Waals surface area contributed by atoms with Crippen molar-refractivity contribution in [3.8, 4) is 28.8 Å². The number of rotatable bonds is 6. The van der Waals surface area contributed by atoms with Crippen LogP contribution in [0.25, 0.3) is 11.5 Å². The minimum Gasteiger partial charge on any atom is -0.497 e. The van der Waals surface area contributed by atoms with Crippen LogP contribution in [0.2, 0.25) is 0 Å². The lowest BCUT2D eigenvalue weighted by Crippen LogP contribution is -2.03. The third kappa shape index (κ3) is 3.60. The summed E-state index contributed by atoms with van der Waals surface area (Å²) in [4.78, 5) is 13.1. The topological polar surface area (TPSA) is 78.4 Å². The molecule has 7 heteroatoms. The molecule has 2 heterocycles. The van der Waals surface area contributed by atoms with Gasteiger partial charge in [-0.25, -0.2) is 9.97 Å². The van der Waals surface area contributed by atoms with Gasteiger partial charge in [0.05, 0.1) is 33.2 Å². The third-order valence-corrected chi connectivity index (χ3v) is 3.53. The van der Waals surface area contributed by atoms with E-state index in [2.05, 4.69) is 20.3 Å². The first-order chi connectivity index (χ1) is 12.2. The summed E-state index contributed by atoms with van der Waals surface area (Å²) in [7, 11) is 4.77. The highest BCUT2D eigenvalue weighted by Gasteiger charge is 2.13. The van der Waals surface area contributed by atoms with Gasteiger partial charge in [-0.2, -0.15) is 0 Å². The molecule has 0 fully saturated rings.